The topological polar surface area (TPSA) is 35.2 Å². The Morgan fingerprint density at radius 3 is 2.71 bits per heavy atom. The largest absolute Gasteiger partial charge is 0.493 e. The number of rotatable bonds is 9. The lowest BCUT2D eigenvalue weighted by atomic mass is 10.0. The summed E-state index contributed by atoms with van der Waals surface area (Å²) in [5.41, 5.74) is 7.00. The first-order valence-electron chi connectivity index (χ1n) is 7.81. The van der Waals surface area contributed by atoms with Crippen LogP contribution in [0.1, 0.15) is 31.2 Å². The maximum Gasteiger partial charge on any atom is 0.123 e. The highest BCUT2D eigenvalue weighted by Gasteiger charge is 2.08. The predicted octanol–water partition coefficient (Wildman–Crippen LogP) is 4.47. The summed E-state index contributed by atoms with van der Waals surface area (Å²) in [5, 5.41) is 2.51. The number of fused-ring (bicyclic) bond motifs is 1. The van der Waals surface area contributed by atoms with Crippen LogP contribution in [-0.4, -0.2) is 13.2 Å². The van der Waals surface area contributed by atoms with Gasteiger partial charge < -0.3 is 10.5 Å². The van der Waals surface area contributed by atoms with Crippen LogP contribution in [-0.2, 0) is 6.42 Å². The molecule has 2 aromatic rings. The zero-order valence-electron chi connectivity index (χ0n) is 12.7. The molecule has 0 spiro atoms. The Hall–Kier alpha value is -1.80. The zero-order chi connectivity index (χ0) is 14.9. The van der Waals surface area contributed by atoms with Crippen molar-refractivity contribution in [1.82, 2.24) is 0 Å². The summed E-state index contributed by atoms with van der Waals surface area (Å²) >= 11 is 0. The van der Waals surface area contributed by atoms with Gasteiger partial charge in [-0.1, -0.05) is 36.4 Å². The average Bonchev–Trinajstić information content (AvgIpc) is 2.52. The van der Waals surface area contributed by atoms with E-state index >= 15 is 0 Å². The Kier molecular flexibility index (Phi) is 6.29. The normalized spacial score (nSPS) is 10.7. The van der Waals surface area contributed by atoms with Gasteiger partial charge >= 0.3 is 0 Å². The molecule has 0 aliphatic rings. The number of unbranched alkanes of at least 4 members (excludes halogenated alkanes) is 3. The molecule has 21 heavy (non-hydrogen) atoms. The van der Waals surface area contributed by atoms with Crippen molar-refractivity contribution in [3.63, 3.8) is 0 Å². The fourth-order valence-electron chi connectivity index (χ4n) is 2.60. The summed E-state index contributed by atoms with van der Waals surface area (Å²) in [5.74, 6) is 0.989. The van der Waals surface area contributed by atoms with Crippen molar-refractivity contribution in [3.05, 3.63) is 54.6 Å². The van der Waals surface area contributed by atoms with Crippen LogP contribution >= 0.6 is 0 Å². The van der Waals surface area contributed by atoms with E-state index in [0.717, 1.165) is 31.6 Å². The first kappa shape index (κ1) is 15.6. The van der Waals surface area contributed by atoms with Crippen molar-refractivity contribution in [2.24, 2.45) is 5.73 Å². The molecule has 0 aromatic heterocycles. The molecule has 0 radical (unpaired) electrons. The fraction of sp³-hybridized carbons (Fsp3) is 0.368. The SMILES string of the molecule is C=CCCCCCOc1ccc2ccccc2c1CCN. The third kappa shape index (κ3) is 4.33. The first-order chi connectivity index (χ1) is 10.4. The van der Waals surface area contributed by atoms with Gasteiger partial charge in [0.1, 0.15) is 5.75 Å². The average molecular weight is 283 g/mol. The number of hydrogen-bond acceptors (Lipinski definition) is 2. The van der Waals surface area contributed by atoms with Gasteiger partial charge in [0.2, 0.25) is 0 Å². The lowest BCUT2D eigenvalue weighted by Gasteiger charge is -2.14. The molecule has 0 aliphatic heterocycles. The van der Waals surface area contributed by atoms with Crippen LogP contribution in [0.3, 0.4) is 0 Å². The van der Waals surface area contributed by atoms with Crippen molar-refractivity contribution >= 4 is 10.8 Å². The Labute approximate surface area is 127 Å². The predicted molar refractivity (Wildman–Crippen MR) is 90.9 cm³/mol. The Bertz CT molecular complexity index is 577. The molecule has 0 aliphatic carbocycles. The maximum absolute atomic E-state index is 6.00. The molecular weight excluding hydrogens is 258 g/mol. The summed E-state index contributed by atoms with van der Waals surface area (Å²) in [7, 11) is 0. The van der Waals surface area contributed by atoms with Gasteiger partial charge in [-0.05, 0) is 55.5 Å². The molecule has 2 heteroatoms. The molecule has 2 N–H and O–H groups in total. The van der Waals surface area contributed by atoms with E-state index in [9.17, 15) is 0 Å². The van der Waals surface area contributed by atoms with Crippen LogP contribution in [0, 0.1) is 0 Å². The fourth-order valence-corrected chi connectivity index (χ4v) is 2.60. The standard InChI is InChI=1S/C19H25NO/c1-2-3-4-5-8-15-21-19-12-11-16-9-6-7-10-17(16)18(19)13-14-20/h2,6-7,9-12H,1,3-5,8,13-15,20H2. The second-order valence-corrected chi connectivity index (χ2v) is 5.29. The highest BCUT2D eigenvalue weighted by molar-refractivity contribution is 5.87. The van der Waals surface area contributed by atoms with E-state index in [1.807, 2.05) is 6.08 Å². The minimum absolute atomic E-state index is 0.643. The Balaban J connectivity index is 2.04. The minimum atomic E-state index is 0.643. The second kappa shape index (κ2) is 8.48. The molecule has 0 saturated heterocycles. The van der Waals surface area contributed by atoms with E-state index in [-0.39, 0.29) is 0 Å². The molecule has 2 aromatic carbocycles. The van der Waals surface area contributed by atoms with Crippen LogP contribution in [0.4, 0.5) is 0 Å². The molecule has 112 valence electrons. The maximum atomic E-state index is 6.00. The molecule has 0 bridgehead atoms. The first-order valence-corrected chi connectivity index (χ1v) is 7.81. The van der Waals surface area contributed by atoms with Gasteiger partial charge in [0.05, 0.1) is 6.61 Å². The number of ether oxygens (including phenoxy) is 1. The van der Waals surface area contributed by atoms with Crippen molar-refractivity contribution in [2.75, 3.05) is 13.2 Å². The molecular formula is C19H25NO. The van der Waals surface area contributed by atoms with E-state index in [2.05, 4.69) is 43.0 Å². The number of hydrogen-bond donors (Lipinski definition) is 1. The summed E-state index contributed by atoms with van der Waals surface area (Å²) in [6.45, 7) is 5.16. The lowest BCUT2D eigenvalue weighted by Crippen LogP contribution is -2.07. The molecule has 0 amide bonds. The Morgan fingerprint density at radius 2 is 1.90 bits per heavy atom. The third-order valence-electron chi connectivity index (χ3n) is 3.70. The van der Waals surface area contributed by atoms with Crippen LogP contribution < -0.4 is 10.5 Å². The summed E-state index contributed by atoms with van der Waals surface area (Å²) < 4.78 is 6.00. The van der Waals surface area contributed by atoms with Gasteiger partial charge in [-0.3, -0.25) is 0 Å². The van der Waals surface area contributed by atoms with Crippen molar-refractivity contribution in [2.45, 2.75) is 32.1 Å². The zero-order valence-corrected chi connectivity index (χ0v) is 12.7. The van der Waals surface area contributed by atoms with Crippen molar-refractivity contribution in [3.8, 4) is 5.75 Å². The number of benzene rings is 2. The molecule has 0 saturated carbocycles. The van der Waals surface area contributed by atoms with Crippen molar-refractivity contribution < 1.29 is 4.74 Å². The van der Waals surface area contributed by atoms with Crippen LogP contribution in [0.15, 0.2) is 49.1 Å². The molecule has 0 atom stereocenters. The molecule has 2 rings (SSSR count). The molecule has 0 fully saturated rings. The summed E-state index contributed by atoms with van der Waals surface area (Å²) in [4.78, 5) is 0. The van der Waals surface area contributed by atoms with Crippen LogP contribution in [0.2, 0.25) is 0 Å². The van der Waals surface area contributed by atoms with E-state index in [1.54, 1.807) is 0 Å². The molecule has 0 unspecified atom stereocenters. The van der Waals surface area contributed by atoms with E-state index in [1.165, 1.54) is 29.2 Å². The van der Waals surface area contributed by atoms with Gasteiger partial charge in [0.25, 0.3) is 0 Å². The van der Waals surface area contributed by atoms with Gasteiger partial charge in [-0.25, -0.2) is 0 Å². The van der Waals surface area contributed by atoms with E-state index in [0.29, 0.717) is 6.54 Å². The lowest BCUT2D eigenvalue weighted by molar-refractivity contribution is 0.303. The van der Waals surface area contributed by atoms with E-state index < -0.39 is 0 Å². The highest BCUT2D eigenvalue weighted by atomic mass is 16.5. The minimum Gasteiger partial charge on any atom is -0.493 e. The van der Waals surface area contributed by atoms with Crippen LogP contribution in [0.25, 0.3) is 10.8 Å². The monoisotopic (exact) mass is 283 g/mol. The summed E-state index contributed by atoms with van der Waals surface area (Å²) in [6, 6.07) is 12.6. The smallest absolute Gasteiger partial charge is 0.123 e. The quantitative estimate of drug-likeness (QED) is 0.544. The molecule has 0 heterocycles. The highest BCUT2D eigenvalue weighted by Crippen LogP contribution is 2.28. The van der Waals surface area contributed by atoms with Gasteiger partial charge in [0.15, 0.2) is 0 Å². The number of allylic oxidation sites excluding steroid dienone is 1. The van der Waals surface area contributed by atoms with Gasteiger partial charge in [0, 0.05) is 5.56 Å². The summed E-state index contributed by atoms with van der Waals surface area (Å²) in [6.07, 6.45) is 7.39. The second-order valence-electron chi connectivity index (χ2n) is 5.29. The van der Waals surface area contributed by atoms with Gasteiger partial charge in [-0.15, -0.1) is 6.58 Å². The molecule has 2 nitrogen and oxygen atoms in total. The van der Waals surface area contributed by atoms with Crippen LogP contribution in [0.5, 0.6) is 5.75 Å². The number of nitrogens with two attached hydrogens (primary N) is 1. The third-order valence-corrected chi connectivity index (χ3v) is 3.70. The Morgan fingerprint density at radius 1 is 1.05 bits per heavy atom. The van der Waals surface area contributed by atoms with E-state index in [4.69, 9.17) is 10.5 Å². The van der Waals surface area contributed by atoms with Crippen molar-refractivity contribution in [1.29, 1.82) is 0 Å². The van der Waals surface area contributed by atoms with Gasteiger partial charge in [-0.2, -0.15) is 0 Å².